The Kier molecular flexibility index (Phi) is 7.06. The molecule has 1 aliphatic heterocycles. The number of halogens is 2. The van der Waals surface area contributed by atoms with Gasteiger partial charge in [-0.2, -0.15) is 0 Å². The van der Waals surface area contributed by atoms with Crippen LogP contribution in [0.1, 0.15) is 20.8 Å². The molecule has 1 aromatic heterocycles. The van der Waals surface area contributed by atoms with Gasteiger partial charge < -0.3 is 9.80 Å². The molecule has 2 amide bonds. The lowest BCUT2D eigenvalue weighted by Crippen LogP contribution is -2.50. The second-order valence-corrected chi connectivity index (χ2v) is 10.1. The van der Waals surface area contributed by atoms with Gasteiger partial charge in [0.1, 0.15) is 10.6 Å². The number of rotatable bonds is 5. The molecule has 3 aromatic rings. The van der Waals surface area contributed by atoms with E-state index in [4.69, 9.17) is 23.2 Å². The van der Waals surface area contributed by atoms with Gasteiger partial charge in [0, 0.05) is 48.6 Å². The summed E-state index contributed by atoms with van der Waals surface area (Å²) in [5.41, 5.74) is 1.07. The highest BCUT2D eigenvalue weighted by atomic mass is 35.5. The third-order valence-electron chi connectivity index (χ3n) is 5.31. The molecule has 34 heavy (non-hydrogen) atoms. The molecule has 11 heteroatoms. The van der Waals surface area contributed by atoms with Crippen molar-refractivity contribution in [2.24, 2.45) is 0 Å². The van der Waals surface area contributed by atoms with Crippen LogP contribution in [0.4, 0.5) is 5.69 Å². The number of hydrogen-bond donors (Lipinski definition) is 1. The molecular weight excluding hydrogens is 499 g/mol. The first-order chi connectivity index (χ1) is 16.2. The molecule has 2 aromatic carbocycles. The quantitative estimate of drug-likeness (QED) is 0.553. The predicted molar refractivity (Wildman–Crippen MR) is 130 cm³/mol. The lowest BCUT2D eigenvalue weighted by atomic mass is 10.1. The van der Waals surface area contributed by atoms with Crippen LogP contribution in [0.5, 0.6) is 0 Å². The lowest BCUT2D eigenvalue weighted by Gasteiger charge is -2.34. The van der Waals surface area contributed by atoms with Gasteiger partial charge in [-0.1, -0.05) is 29.3 Å². The predicted octanol–water partition coefficient (Wildman–Crippen LogP) is 3.79. The van der Waals surface area contributed by atoms with Crippen LogP contribution in [0.2, 0.25) is 10.0 Å². The molecule has 2 heterocycles. The van der Waals surface area contributed by atoms with E-state index in [0.717, 1.165) is 0 Å². The number of anilines is 1. The zero-order valence-corrected chi connectivity index (χ0v) is 20.1. The molecule has 0 spiro atoms. The smallest absolute Gasteiger partial charge is 0.272 e. The summed E-state index contributed by atoms with van der Waals surface area (Å²) in [5, 5.41) is 0.334. The van der Waals surface area contributed by atoms with Crippen molar-refractivity contribution in [2.45, 2.75) is 4.90 Å². The average molecular weight is 519 g/mol. The first-order valence-corrected chi connectivity index (χ1v) is 12.6. The molecule has 8 nitrogen and oxygen atoms in total. The van der Waals surface area contributed by atoms with Gasteiger partial charge in [0.05, 0.1) is 5.02 Å². The van der Waals surface area contributed by atoms with Crippen molar-refractivity contribution in [2.75, 3.05) is 30.9 Å². The lowest BCUT2D eigenvalue weighted by molar-refractivity contribution is 0.0532. The highest BCUT2D eigenvalue weighted by molar-refractivity contribution is 7.92. The molecule has 176 valence electrons. The van der Waals surface area contributed by atoms with Crippen LogP contribution in [-0.2, 0) is 10.0 Å². The van der Waals surface area contributed by atoms with Crippen LogP contribution < -0.4 is 4.72 Å². The third kappa shape index (κ3) is 5.32. The first-order valence-electron chi connectivity index (χ1n) is 10.3. The minimum absolute atomic E-state index is 0.00691. The number of benzene rings is 2. The zero-order valence-electron chi connectivity index (χ0n) is 17.8. The van der Waals surface area contributed by atoms with E-state index in [1.54, 1.807) is 46.3 Å². The van der Waals surface area contributed by atoms with E-state index in [2.05, 4.69) is 9.71 Å². The molecule has 4 rings (SSSR count). The minimum atomic E-state index is -3.93. The van der Waals surface area contributed by atoms with Crippen LogP contribution >= 0.6 is 23.2 Å². The van der Waals surface area contributed by atoms with E-state index < -0.39 is 10.0 Å². The van der Waals surface area contributed by atoms with Crippen molar-refractivity contribution >= 4 is 50.7 Å². The van der Waals surface area contributed by atoms with E-state index in [1.165, 1.54) is 30.3 Å². The first kappa shape index (κ1) is 24.0. The van der Waals surface area contributed by atoms with Gasteiger partial charge in [-0.3, -0.25) is 19.3 Å². The van der Waals surface area contributed by atoms with Gasteiger partial charge in [-0.15, -0.1) is 0 Å². The third-order valence-corrected chi connectivity index (χ3v) is 7.40. The Morgan fingerprint density at radius 2 is 1.50 bits per heavy atom. The molecule has 1 fully saturated rings. The Morgan fingerprint density at radius 1 is 0.853 bits per heavy atom. The number of sulfonamides is 1. The molecule has 0 saturated carbocycles. The molecule has 1 saturated heterocycles. The number of nitrogens with one attached hydrogen (secondary N) is 1. The maximum atomic E-state index is 12.9. The summed E-state index contributed by atoms with van der Waals surface area (Å²) in [6.07, 6.45) is 1.57. The summed E-state index contributed by atoms with van der Waals surface area (Å²) in [4.78, 5) is 32.7. The Balaban J connectivity index is 1.37. The normalized spacial score (nSPS) is 14.1. The number of amides is 2. The molecule has 0 bridgehead atoms. The maximum Gasteiger partial charge on any atom is 0.272 e. The number of nitrogens with zero attached hydrogens (tertiary/aromatic N) is 3. The topological polar surface area (TPSA) is 99.7 Å². The molecule has 0 radical (unpaired) electrons. The zero-order chi connectivity index (χ0) is 24.3. The van der Waals surface area contributed by atoms with Crippen molar-refractivity contribution in [3.63, 3.8) is 0 Å². The minimum Gasteiger partial charge on any atom is -0.335 e. The second kappa shape index (κ2) is 10.0. The highest BCUT2D eigenvalue weighted by Gasteiger charge is 2.26. The number of piperazine rings is 1. The summed E-state index contributed by atoms with van der Waals surface area (Å²) in [6.45, 7) is 1.59. The molecule has 0 atom stereocenters. The molecule has 0 unspecified atom stereocenters. The average Bonchev–Trinajstić information content (AvgIpc) is 2.84. The van der Waals surface area contributed by atoms with E-state index in [1.807, 2.05) is 0 Å². The number of carbonyl (C=O) groups is 2. The Hall–Kier alpha value is -3.14. The van der Waals surface area contributed by atoms with Crippen molar-refractivity contribution in [1.29, 1.82) is 0 Å². The van der Waals surface area contributed by atoms with Gasteiger partial charge in [-0.05, 0) is 54.6 Å². The van der Waals surface area contributed by atoms with E-state index >= 15 is 0 Å². The van der Waals surface area contributed by atoms with Gasteiger partial charge in [0.25, 0.3) is 21.8 Å². The Bertz CT molecular complexity index is 1310. The van der Waals surface area contributed by atoms with Gasteiger partial charge in [0.15, 0.2) is 0 Å². The number of pyridine rings is 1. The van der Waals surface area contributed by atoms with Crippen LogP contribution in [0, 0.1) is 0 Å². The SMILES string of the molecule is O=C(c1ccc(NS(=O)(=O)c2ccc(Cl)cc2Cl)cc1)N1CCN(C(=O)c2ccccn2)CC1. The summed E-state index contributed by atoms with van der Waals surface area (Å²) in [5.74, 6) is -0.356. The number of aromatic nitrogens is 1. The highest BCUT2D eigenvalue weighted by Crippen LogP contribution is 2.27. The van der Waals surface area contributed by atoms with Crippen molar-refractivity contribution in [3.8, 4) is 0 Å². The standard InChI is InChI=1S/C23H20Cl2N4O4S/c24-17-6-9-21(19(25)15-17)34(32,33)27-18-7-4-16(5-8-18)22(30)28-11-13-29(14-12-28)23(31)20-3-1-2-10-26-20/h1-10,15,27H,11-14H2. The van der Waals surface area contributed by atoms with Crippen LogP contribution in [0.3, 0.4) is 0 Å². The fraction of sp³-hybridized carbons (Fsp3) is 0.174. The van der Waals surface area contributed by atoms with Crippen molar-refractivity contribution < 1.29 is 18.0 Å². The Morgan fingerprint density at radius 3 is 2.09 bits per heavy atom. The molecule has 0 aliphatic carbocycles. The van der Waals surface area contributed by atoms with Crippen LogP contribution in [0.15, 0.2) is 71.8 Å². The summed E-state index contributed by atoms with van der Waals surface area (Å²) < 4.78 is 27.7. The van der Waals surface area contributed by atoms with Crippen LogP contribution in [0.25, 0.3) is 0 Å². The van der Waals surface area contributed by atoms with Gasteiger partial charge in [0.2, 0.25) is 0 Å². The number of hydrogen-bond acceptors (Lipinski definition) is 5. The second-order valence-electron chi connectivity index (χ2n) is 7.56. The van der Waals surface area contributed by atoms with Crippen molar-refractivity contribution in [3.05, 3.63) is 88.2 Å². The monoisotopic (exact) mass is 518 g/mol. The van der Waals surface area contributed by atoms with Gasteiger partial charge >= 0.3 is 0 Å². The summed E-state index contributed by atoms with van der Waals surface area (Å²) in [7, 11) is -3.93. The molecule has 1 N–H and O–H groups in total. The van der Waals surface area contributed by atoms with E-state index in [-0.39, 0.29) is 27.4 Å². The fourth-order valence-corrected chi connectivity index (χ4v) is 5.36. The summed E-state index contributed by atoms with van der Waals surface area (Å²) in [6, 6.07) is 15.4. The largest absolute Gasteiger partial charge is 0.335 e. The van der Waals surface area contributed by atoms with E-state index in [9.17, 15) is 18.0 Å². The summed E-state index contributed by atoms with van der Waals surface area (Å²) >= 11 is 11.8. The van der Waals surface area contributed by atoms with Crippen molar-refractivity contribution in [1.82, 2.24) is 14.8 Å². The fourth-order valence-electron chi connectivity index (χ4n) is 3.53. The van der Waals surface area contributed by atoms with Gasteiger partial charge in [-0.25, -0.2) is 8.42 Å². The van der Waals surface area contributed by atoms with Crippen LogP contribution in [-0.4, -0.2) is 61.2 Å². The van der Waals surface area contributed by atoms with E-state index in [0.29, 0.717) is 42.5 Å². The number of carbonyl (C=O) groups excluding carboxylic acids is 2. The molecule has 1 aliphatic rings. The Labute approximate surface area is 207 Å². The maximum absolute atomic E-state index is 12.9. The molecular formula is C23H20Cl2N4O4S.